The summed E-state index contributed by atoms with van der Waals surface area (Å²) in [5.74, 6) is 0.425. The van der Waals surface area contributed by atoms with Crippen molar-refractivity contribution in [2.75, 3.05) is 0 Å². The number of ether oxygens (including phenoxy) is 1. The molecule has 150 valence electrons. The van der Waals surface area contributed by atoms with Crippen molar-refractivity contribution in [1.29, 1.82) is 0 Å². The summed E-state index contributed by atoms with van der Waals surface area (Å²) in [6, 6.07) is 7.85. The molecule has 0 aliphatic carbocycles. The van der Waals surface area contributed by atoms with Crippen molar-refractivity contribution in [3.8, 4) is 11.4 Å². The first-order valence-electron chi connectivity index (χ1n) is 10.4. The van der Waals surface area contributed by atoms with Gasteiger partial charge in [0.15, 0.2) is 5.82 Å². The van der Waals surface area contributed by atoms with Gasteiger partial charge in [-0.1, -0.05) is 63.8 Å². The van der Waals surface area contributed by atoms with Gasteiger partial charge in [-0.25, -0.2) is 14.8 Å². The van der Waals surface area contributed by atoms with Crippen LogP contribution in [0.3, 0.4) is 0 Å². The maximum Gasteiger partial charge on any atom is 0.331 e. The summed E-state index contributed by atoms with van der Waals surface area (Å²) in [7, 11) is 0. The highest BCUT2D eigenvalue weighted by atomic mass is 16.5. The lowest BCUT2D eigenvalue weighted by atomic mass is 10.1. The van der Waals surface area contributed by atoms with E-state index in [2.05, 4.69) is 23.8 Å². The van der Waals surface area contributed by atoms with E-state index in [9.17, 15) is 4.79 Å². The molecule has 0 radical (unpaired) electrons. The third kappa shape index (κ3) is 7.63. The highest BCUT2D eigenvalue weighted by Crippen LogP contribution is 2.16. The number of rotatable bonds is 11. The number of benzene rings is 1. The molecule has 0 saturated carbocycles. The third-order valence-electron chi connectivity index (χ3n) is 4.61. The molecule has 0 saturated heterocycles. The number of carbonyl (C=O) groups is 1. The average molecular weight is 381 g/mol. The number of aryl methyl sites for hydroxylation is 1. The molecule has 4 heteroatoms. The van der Waals surface area contributed by atoms with E-state index in [-0.39, 0.29) is 12.1 Å². The van der Waals surface area contributed by atoms with E-state index >= 15 is 0 Å². The molecule has 0 N–H and O–H groups in total. The van der Waals surface area contributed by atoms with Gasteiger partial charge in [-0.2, -0.15) is 0 Å². The molecule has 2 rings (SSSR count). The van der Waals surface area contributed by atoms with Crippen LogP contribution in [-0.2, 0) is 16.0 Å². The molecule has 4 nitrogen and oxygen atoms in total. The SMILES string of the molecule is CCCCCC[C@@H](C)OC(=O)C=Cc1ccc(-c2ncc(CCC)cn2)cc1. The summed E-state index contributed by atoms with van der Waals surface area (Å²) in [6.07, 6.45) is 14.8. The Kier molecular flexibility index (Phi) is 9.40. The number of carbonyl (C=O) groups excluding carboxylic acids is 1. The summed E-state index contributed by atoms with van der Waals surface area (Å²) < 4.78 is 5.43. The van der Waals surface area contributed by atoms with E-state index in [1.807, 2.05) is 43.6 Å². The molecule has 1 aromatic carbocycles. The first-order valence-corrected chi connectivity index (χ1v) is 10.4. The second-order valence-corrected chi connectivity index (χ2v) is 7.22. The van der Waals surface area contributed by atoms with Crippen molar-refractivity contribution in [2.45, 2.75) is 71.8 Å². The maximum atomic E-state index is 12.0. The fraction of sp³-hybridized carbons (Fsp3) is 0.458. The second-order valence-electron chi connectivity index (χ2n) is 7.22. The van der Waals surface area contributed by atoms with Crippen LogP contribution in [0.15, 0.2) is 42.7 Å². The number of hydrogen-bond donors (Lipinski definition) is 0. The van der Waals surface area contributed by atoms with Gasteiger partial charge in [0.25, 0.3) is 0 Å². The molecule has 0 fully saturated rings. The molecule has 0 unspecified atom stereocenters. The zero-order valence-electron chi connectivity index (χ0n) is 17.4. The highest BCUT2D eigenvalue weighted by molar-refractivity contribution is 5.87. The lowest BCUT2D eigenvalue weighted by Gasteiger charge is -2.11. The van der Waals surface area contributed by atoms with Gasteiger partial charge in [0, 0.05) is 24.0 Å². The minimum Gasteiger partial charge on any atom is -0.460 e. The minimum atomic E-state index is -0.290. The van der Waals surface area contributed by atoms with E-state index in [1.54, 1.807) is 6.08 Å². The molecule has 0 aliphatic heterocycles. The van der Waals surface area contributed by atoms with Crippen LogP contribution in [0.4, 0.5) is 0 Å². The van der Waals surface area contributed by atoms with Crippen molar-refractivity contribution in [3.05, 3.63) is 53.9 Å². The quantitative estimate of drug-likeness (QED) is 0.272. The zero-order chi connectivity index (χ0) is 20.2. The van der Waals surface area contributed by atoms with Crippen molar-refractivity contribution in [3.63, 3.8) is 0 Å². The van der Waals surface area contributed by atoms with E-state index in [4.69, 9.17) is 4.74 Å². The predicted octanol–water partition coefficient (Wildman–Crippen LogP) is 6.01. The molecule has 1 heterocycles. The number of nitrogens with zero attached hydrogens (tertiary/aromatic N) is 2. The average Bonchev–Trinajstić information content (AvgIpc) is 2.71. The van der Waals surface area contributed by atoms with E-state index in [0.29, 0.717) is 5.82 Å². The van der Waals surface area contributed by atoms with Crippen LogP contribution < -0.4 is 0 Å². The second kappa shape index (κ2) is 12.1. The largest absolute Gasteiger partial charge is 0.460 e. The Morgan fingerprint density at radius 3 is 2.39 bits per heavy atom. The first kappa shape index (κ1) is 21.8. The van der Waals surface area contributed by atoms with Crippen LogP contribution >= 0.6 is 0 Å². The summed E-state index contributed by atoms with van der Waals surface area (Å²) >= 11 is 0. The van der Waals surface area contributed by atoms with Crippen LogP contribution in [0.25, 0.3) is 17.5 Å². The normalized spacial score (nSPS) is 12.2. The van der Waals surface area contributed by atoms with Crippen LogP contribution in [0.5, 0.6) is 0 Å². The molecule has 0 amide bonds. The molecular weight excluding hydrogens is 348 g/mol. The number of aromatic nitrogens is 2. The Bertz CT molecular complexity index is 736. The van der Waals surface area contributed by atoms with E-state index in [1.165, 1.54) is 25.3 Å². The maximum absolute atomic E-state index is 12.0. The van der Waals surface area contributed by atoms with Crippen LogP contribution in [0, 0.1) is 0 Å². The number of esters is 1. The first-order chi connectivity index (χ1) is 13.6. The molecule has 0 aliphatic rings. The monoisotopic (exact) mass is 380 g/mol. The fourth-order valence-electron chi connectivity index (χ4n) is 2.98. The highest BCUT2D eigenvalue weighted by Gasteiger charge is 2.06. The molecule has 0 bridgehead atoms. The van der Waals surface area contributed by atoms with Gasteiger partial charge in [-0.3, -0.25) is 0 Å². The smallest absolute Gasteiger partial charge is 0.331 e. The fourth-order valence-corrected chi connectivity index (χ4v) is 2.98. The summed E-state index contributed by atoms with van der Waals surface area (Å²) in [5.41, 5.74) is 3.06. The van der Waals surface area contributed by atoms with E-state index in [0.717, 1.165) is 42.4 Å². The van der Waals surface area contributed by atoms with Gasteiger partial charge in [0.1, 0.15) is 0 Å². The van der Waals surface area contributed by atoms with Crippen molar-refractivity contribution in [2.24, 2.45) is 0 Å². The van der Waals surface area contributed by atoms with Crippen molar-refractivity contribution >= 4 is 12.0 Å². The summed E-state index contributed by atoms with van der Waals surface area (Å²) in [6.45, 7) is 6.29. The van der Waals surface area contributed by atoms with Gasteiger partial charge in [0.2, 0.25) is 0 Å². The van der Waals surface area contributed by atoms with Crippen LogP contribution in [-0.4, -0.2) is 22.0 Å². The third-order valence-corrected chi connectivity index (χ3v) is 4.61. The Labute approximate surface area is 169 Å². The summed E-state index contributed by atoms with van der Waals surface area (Å²) in [4.78, 5) is 20.8. The lowest BCUT2D eigenvalue weighted by molar-refractivity contribution is -0.142. The predicted molar refractivity (Wildman–Crippen MR) is 115 cm³/mol. The van der Waals surface area contributed by atoms with Crippen molar-refractivity contribution in [1.82, 2.24) is 9.97 Å². The van der Waals surface area contributed by atoms with Gasteiger partial charge in [0.05, 0.1) is 6.10 Å². The number of hydrogen-bond acceptors (Lipinski definition) is 4. The van der Waals surface area contributed by atoms with Gasteiger partial charge in [-0.15, -0.1) is 0 Å². The van der Waals surface area contributed by atoms with Crippen LogP contribution in [0.1, 0.15) is 70.4 Å². The van der Waals surface area contributed by atoms with Gasteiger partial charge < -0.3 is 4.74 Å². The Balaban J connectivity index is 1.84. The minimum absolute atomic E-state index is 0.0378. The lowest BCUT2D eigenvalue weighted by Crippen LogP contribution is -2.12. The topological polar surface area (TPSA) is 52.1 Å². The molecule has 28 heavy (non-hydrogen) atoms. The molecule has 0 spiro atoms. The molecule has 2 aromatic rings. The van der Waals surface area contributed by atoms with Crippen molar-refractivity contribution < 1.29 is 9.53 Å². The molecule has 1 aromatic heterocycles. The zero-order valence-corrected chi connectivity index (χ0v) is 17.4. The van der Waals surface area contributed by atoms with Gasteiger partial charge in [-0.05, 0) is 43.4 Å². The molecule has 1 atom stereocenters. The Morgan fingerprint density at radius 1 is 1.04 bits per heavy atom. The molecular formula is C24H32N2O2. The Hall–Kier alpha value is -2.49. The standard InChI is InChI=1S/C24H32N2O2/c1-4-6-7-8-10-19(3)28-23(27)16-13-20-11-14-22(15-12-20)24-25-17-21(9-5-2)18-26-24/h11-19H,4-10H2,1-3H3/t19-/m1/s1. The number of unbranched alkanes of at least 4 members (excludes halogenated alkanes) is 3. The van der Waals surface area contributed by atoms with Crippen LogP contribution in [0.2, 0.25) is 0 Å². The Morgan fingerprint density at radius 2 is 1.75 bits per heavy atom. The van der Waals surface area contributed by atoms with Gasteiger partial charge >= 0.3 is 5.97 Å². The summed E-state index contributed by atoms with van der Waals surface area (Å²) in [5, 5.41) is 0. The van der Waals surface area contributed by atoms with E-state index < -0.39 is 0 Å².